The number of aromatic nitrogens is 2. The molecule has 138 valence electrons. The van der Waals surface area contributed by atoms with E-state index in [1.165, 1.54) is 30.1 Å². The van der Waals surface area contributed by atoms with Gasteiger partial charge in [0.05, 0.1) is 5.56 Å². The Kier molecular flexibility index (Phi) is 6.40. The number of hydrogen-bond donors (Lipinski definition) is 4. The third kappa shape index (κ3) is 5.06. The van der Waals surface area contributed by atoms with Crippen LogP contribution in [0.5, 0.6) is 0 Å². The second-order valence-corrected chi connectivity index (χ2v) is 6.77. The molecule has 0 amide bonds. The summed E-state index contributed by atoms with van der Waals surface area (Å²) in [5, 5.41) is 19.9. The predicted octanol–water partition coefficient (Wildman–Crippen LogP) is 4.15. The Hall–Kier alpha value is -2.90. The van der Waals surface area contributed by atoms with Crippen molar-refractivity contribution in [3.05, 3.63) is 71.5 Å². The molecule has 1 heterocycles. The van der Waals surface area contributed by atoms with Crippen LogP contribution in [0.25, 0.3) is 0 Å². The number of aryl methyl sites for hydroxylation is 1. The van der Waals surface area contributed by atoms with Crippen molar-refractivity contribution >= 4 is 35.5 Å². The van der Waals surface area contributed by atoms with Gasteiger partial charge in [0.25, 0.3) is 0 Å². The maximum absolute atomic E-state index is 7.78. The normalized spacial score (nSPS) is 10.4. The van der Waals surface area contributed by atoms with Gasteiger partial charge < -0.3 is 16.0 Å². The van der Waals surface area contributed by atoms with Crippen molar-refractivity contribution in [2.75, 3.05) is 17.2 Å². The predicted molar refractivity (Wildman–Crippen MR) is 113 cm³/mol. The van der Waals surface area contributed by atoms with Gasteiger partial charge in [0.1, 0.15) is 18.0 Å². The largest absolute Gasteiger partial charge is 0.369 e. The summed E-state index contributed by atoms with van der Waals surface area (Å²) in [5.41, 5.74) is 3.93. The number of nitrogens with two attached hydrogens (primary N) is 1. The van der Waals surface area contributed by atoms with E-state index < -0.39 is 0 Å². The van der Waals surface area contributed by atoms with Gasteiger partial charge in [-0.05, 0) is 60.7 Å². The first-order valence-electron chi connectivity index (χ1n) is 8.58. The Labute approximate surface area is 163 Å². The summed E-state index contributed by atoms with van der Waals surface area (Å²) in [6.45, 7) is 2.74. The molecule has 0 unspecified atom stereocenters. The molecule has 0 spiro atoms. The molecule has 0 aliphatic heterocycles. The van der Waals surface area contributed by atoms with Gasteiger partial charge in [0.15, 0.2) is 0 Å². The number of anilines is 3. The molecule has 7 heteroatoms. The van der Waals surface area contributed by atoms with E-state index in [4.69, 9.17) is 10.5 Å². The van der Waals surface area contributed by atoms with Gasteiger partial charge in [-0.2, -0.15) is 0 Å². The zero-order chi connectivity index (χ0) is 19.1. The average molecular weight is 379 g/mol. The second kappa shape index (κ2) is 9.16. The van der Waals surface area contributed by atoms with E-state index >= 15 is 0 Å². The van der Waals surface area contributed by atoms with Crippen LogP contribution < -0.4 is 15.8 Å². The van der Waals surface area contributed by atoms with Crippen LogP contribution in [0.1, 0.15) is 16.7 Å². The zero-order valence-corrected chi connectivity index (χ0v) is 15.9. The van der Waals surface area contributed by atoms with E-state index in [1.54, 1.807) is 0 Å². The average Bonchev–Trinajstić information content (AvgIpc) is 2.69. The summed E-state index contributed by atoms with van der Waals surface area (Å²) in [4.78, 5) is 9.63. The maximum atomic E-state index is 7.78. The number of hydrogen-bond acceptors (Lipinski definition) is 7. The molecule has 0 fully saturated rings. The van der Waals surface area contributed by atoms with Gasteiger partial charge in [-0.1, -0.05) is 24.3 Å². The lowest BCUT2D eigenvalue weighted by Crippen LogP contribution is -2.11. The van der Waals surface area contributed by atoms with E-state index in [1.807, 2.05) is 43.3 Å². The van der Waals surface area contributed by atoms with Gasteiger partial charge in [-0.3, -0.25) is 5.14 Å². The molecule has 0 bridgehead atoms. The van der Waals surface area contributed by atoms with Crippen molar-refractivity contribution in [1.29, 1.82) is 5.41 Å². The zero-order valence-electron chi connectivity index (χ0n) is 15.1. The van der Waals surface area contributed by atoms with E-state index in [0.29, 0.717) is 23.7 Å². The molecule has 27 heavy (non-hydrogen) atoms. The molecule has 3 aromatic rings. The fraction of sp³-hybridized carbons (Fsp3) is 0.150. The molecule has 6 nitrogen and oxygen atoms in total. The molecule has 3 rings (SSSR count). The smallest absolute Gasteiger partial charge is 0.144 e. The van der Waals surface area contributed by atoms with Crippen LogP contribution >= 0.6 is 11.9 Å². The summed E-state index contributed by atoms with van der Waals surface area (Å²) in [6, 6.07) is 16.2. The lowest BCUT2D eigenvalue weighted by molar-refractivity contribution is 0.996. The molecule has 0 atom stereocenters. The summed E-state index contributed by atoms with van der Waals surface area (Å²) in [5.74, 6) is 1.25. The van der Waals surface area contributed by atoms with Gasteiger partial charge in [-0.15, -0.1) is 0 Å². The van der Waals surface area contributed by atoms with E-state index in [9.17, 15) is 0 Å². The van der Waals surface area contributed by atoms with Crippen molar-refractivity contribution in [3.63, 3.8) is 0 Å². The molecule has 1 aromatic heterocycles. The minimum Gasteiger partial charge on any atom is -0.369 e. The Balaban J connectivity index is 1.68. The fourth-order valence-electron chi connectivity index (χ4n) is 2.69. The Morgan fingerprint density at radius 3 is 2.59 bits per heavy atom. The molecular weight excluding hydrogens is 356 g/mol. The molecule has 0 saturated heterocycles. The van der Waals surface area contributed by atoms with E-state index in [2.05, 4.69) is 32.7 Å². The quantitative estimate of drug-likeness (QED) is 0.347. The summed E-state index contributed by atoms with van der Waals surface area (Å²) >= 11 is 1.24. The molecule has 2 aromatic carbocycles. The second-order valence-electron chi connectivity index (χ2n) is 6.06. The Morgan fingerprint density at radius 1 is 1.11 bits per heavy atom. The first kappa shape index (κ1) is 18.9. The SMILES string of the molecule is Cc1cccc(Nc2ncnc(NCCc3ccc(SN)cc3)c2C=N)c1. The summed E-state index contributed by atoms with van der Waals surface area (Å²) < 4.78 is 0. The molecule has 0 aliphatic rings. The van der Waals surface area contributed by atoms with Crippen molar-refractivity contribution in [2.24, 2.45) is 5.14 Å². The van der Waals surface area contributed by atoms with Crippen LogP contribution in [0.4, 0.5) is 17.3 Å². The summed E-state index contributed by atoms with van der Waals surface area (Å²) in [6.07, 6.45) is 3.62. The van der Waals surface area contributed by atoms with E-state index in [-0.39, 0.29) is 0 Å². The molecule has 5 N–H and O–H groups in total. The number of nitrogens with one attached hydrogen (secondary N) is 3. The van der Waals surface area contributed by atoms with Crippen LogP contribution in [0.15, 0.2) is 59.8 Å². The Bertz CT molecular complexity index is 911. The van der Waals surface area contributed by atoms with E-state index in [0.717, 1.165) is 22.6 Å². The highest BCUT2D eigenvalue weighted by atomic mass is 32.2. The molecule has 0 saturated carbocycles. The number of nitrogens with zero attached hydrogens (tertiary/aromatic N) is 2. The summed E-state index contributed by atoms with van der Waals surface area (Å²) in [7, 11) is 0. The molecule has 0 radical (unpaired) electrons. The first-order valence-corrected chi connectivity index (χ1v) is 9.46. The highest BCUT2D eigenvalue weighted by Gasteiger charge is 2.09. The third-order valence-corrected chi connectivity index (χ3v) is 4.62. The van der Waals surface area contributed by atoms with Crippen LogP contribution in [0, 0.1) is 12.3 Å². The topological polar surface area (TPSA) is 99.7 Å². The van der Waals surface area contributed by atoms with Gasteiger partial charge in [-0.25, -0.2) is 9.97 Å². The van der Waals surface area contributed by atoms with Crippen molar-refractivity contribution < 1.29 is 0 Å². The van der Waals surface area contributed by atoms with Crippen molar-refractivity contribution in [1.82, 2.24) is 9.97 Å². The highest BCUT2D eigenvalue weighted by Crippen LogP contribution is 2.22. The third-order valence-electron chi connectivity index (χ3n) is 4.07. The number of benzene rings is 2. The monoisotopic (exact) mass is 378 g/mol. The Morgan fingerprint density at radius 2 is 1.89 bits per heavy atom. The van der Waals surface area contributed by atoms with Gasteiger partial charge in [0, 0.05) is 23.3 Å². The van der Waals surface area contributed by atoms with Crippen LogP contribution in [-0.2, 0) is 6.42 Å². The van der Waals surface area contributed by atoms with Crippen molar-refractivity contribution in [2.45, 2.75) is 18.2 Å². The minimum absolute atomic E-state index is 0.609. The highest BCUT2D eigenvalue weighted by molar-refractivity contribution is 7.97. The van der Waals surface area contributed by atoms with Crippen LogP contribution in [-0.4, -0.2) is 22.7 Å². The van der Waals surface area contributed by atoms with Crippen LogP contribution in [0.3, 0.4) is 0 Å². The standard InChI is InChI=1S/C20H22N6S/c1-14-3-2-4-16(11-14)26-20-18(12-21)19(24-13-25-20)23-10-9-15-5-7-17(27-22)8-6-15/h2-8,11-13,21H,9-10,22H2,1H3,(H2,23,24,25,26). The first-order chi connectivity index (χ1) is 13.2. The lowest BCUT2D eigenvalue weighted by atomic mass is 10.1. The fourth-order valence-corrected chi connectivity index (χ4v) is 2.99. The molecule has 0 aliphatic carbocycles. The molecular formula is C20H22N6S. The number of rotatable bonds is 8. The van der Waals surface area contributed by atoms with Gasteiger partial charge in [0.2, 0.25) is 0 Å². The van der Waals surface area contributed by atoms with Gasteiger partial charge >= 0.3 is 0 Å². The van der Waals surface area contributed by atoms with Crippen molar-refractivity contribution in [3.8, 4) is 0 Å². The maximum Gasteiger partial charge on any atom is 0.144 e. The lowest BCUT2D eigenvalue weighted by Gasteiger charge is -2.13. The minimum atomic E-state index is 0.609. The van der Waals surface area contributed by atoms with Crippen LogP contribution in [0.2, 0.25) is 0 Å².